The predicted octanol–water partition coefficient (Wildman–Crippen LogP) is 5.17. The maximum absolute atomic E-state index is 13.3. The Balaban J connectivity index is 1.89. The number of carbonyl (C=O) groups excluding carboxylic acids is 1. The third-order valence-corrected chi connectivity index (χ3v) is 5.48. The molecule has 0 aromatic heterocycles. The fourth-order valence-corrected chi connectivity index (χ4v) is 3.99. The molecule has 160 valence electrons. The minimum Gasteiger partial charge on any atom is -0.467 e. The van der Waals surface area contributed by atoms with Gasteiger partial charge in [-0.05, 0) is 34.4 Å². The lowest BCUT2D eigenvalue weighted by Gasteiger charge is -2.30. The molecule has 0 saturated heterocycles. The third-order valence-electron chi connectivity index (χ3n) is 5.48. The molecule has 0 amide bonds. The second-order valence-corrected chi connectivity index (χ2v) is 7.45. The molecular formula is C25H22N4O3. The van der Waals surface area contributed by atoms with Crippen LogP contribution in [0.1, 0.15) is 28.4 Å². The Labute approximate surface area is 186 Å². The predicted molar refractivity (Wildman–Crippen MR) is 121 cm³/mol. The molecular weight excluding hydrogens is 404 g/mol. The molecule has 1 heterocycles. The number of azide groups is 1. The molecule has 0 unspecified atom stereocenters. The molecule has 1 aliphatic heterocycles. The lowest BCUT2D eigenvalue weighted by Crippen LogP contribution is -2.44. The smallest absolute Gasteiger partial charge is 0.338 e. The number of esters is 1. The summed E-state index contributed by atoms with van der Waals surface area (Å²) in [5.74, 6) is -0.119. The molecule has 0 saturated carbocycles. The number of rotatable bonds is 7. The van der Waals surface area contributed by atoms with Gasteiger partial charge in [-0.1, -0.05) is 77.9 Å². The SMILES string of the molecule is COC(=O)[C@@]1(Cc2ccccc2)N=C(c2ccccc2)O[C@H]1c1ccccc1CN=[N+]=[N-]. The zero-order valence-corrected chi connectivity index (χ0v) is 17.6. The van der Waals surface area contributed by atoms with Crippen molar-refractivity contribution >= 4 is 11.9 Å². The molecule has 0 fully saturated rings. The minimum atomic E-state index is -1.34. The molecule has 1 aliphatic rings. The molecule has 32 heavy (non-hydrogen) atoms. The van der Waals surface area contributed by atoms with Crippen molar-refractivity contribution in [1.29, 1.82) is 0 Å². The van der Waals surface area contributed by atoms with Gasteiger partial charge in [0.15, 0.2) is 6.10 Å². The summed E-state index contributed by atoms with van der Waals surface area (Å²) in [6.45, 7) is 0.135. The number of carbonyl (C=O) groups is 1. The van der Waals surface area contributed by atoms with Crippen LogP contribution in [0.15, 0.2) is 95.0 Å². The van der Waals surface area contributed by atoms with Crippen LogP contribution in [0.2, 0.25) is 0 Å². The Morgan fingerprint density at radius 3 is 2.41 bits per heavy atom. The van der Waals surface area contributed by atoms with E-state index in [0.29, 0.717) is 5.90 Å². The van der Waals surface area contributed by atoms with E-state index in [1.807, 2.05) is 84.9 Å². The van der Waals surface area contributed by atoms with E-state index in [9.17, 15) is 4.79 Å². The van der Waals surface area contributed by atoms with E-state index in [1.165, 1.54) is 7.11 Å². The van der Waals surface area contributed by atoms with Crippen LogP contribution < -0.4 is 0 Å². The van der Waals surface area contributed by atoms with Crippen LogP contribution in [0, 0.1) is 0 Å². The normalized spacial score (nSPS) is 19.4. The summed E-state index contributed by atoms with van der Waals surface area (Å²) in [4.78, 5) is 21.1. The molecule has 0 N–H and O–H groups in total. The topological polar surface area (TPSA) is 96.6 Å². The van der Waals surface area contributed by atoms with E-state index in [0.717, 1.165) is 22.3 Å². The molecule has 3 aromatic carbocycles. The molecule has 2 atom stereocenters. The van der Waals surface area contributed by atoms with E-state index in [-0.39, 0.29) is 13.0 Å². The average molecular weight is 426 g/mol. The number of benzene rings is 3. The van der Waals surface area contributed by atoms with Gasteiger partial charge in [-0.15, -0.1) is 0 Å². The highest BCUT2D eigenvalue weighted by atomic mass is 16.5. The zero-order valence-electron chi connectivity index (χ0n) is 17.6. The van der Waals surface area contributed by atoms with Gasteiger partial charge in [0.05, 0.1) is 13.7 Å². The maximum Gasteiger partial charge on any atom is 0.338 e. The maximum atomic E-state index is 13.3. The van der Waals surface area contributed by atoms with Crippen LogP contribution >= 0.6 is 0 Å². The van der Waals surface area contributed by atoms with Gasteiger partial charge < -0.3 is 9.47 Å². The van der Waals surface area contributed by atoms with Crippen LogP contribution in [0.25, 0.3) is 10.4 Å². The van der Waals surface area contributed by atoms with Gasteiger partial charge in [-0.25, -0.2) is 9.79 Å². The molecule has 0 radical (unpaired) electrons. The summed E-state index contributed by atoms with van der Waals surface area (Å²) < 4.78 is 11.6. The Morgan fingerprint density at radius 1 is 1.06 bits per heavy atom. The van der Waals surface area contributed by atoms with E-state index < -0.39 is 17.6 Å². The van der Waals surface area contributed by atoms with Crippen molar-refractivity contribution < 1.29 is 14.3 Å². The van der Waals surface area contributed by atoms with Crippen molar-refractivity contribution in [3.8, 4) is 0 Å². The Hall–Kier alpha value is -4.09. The summed E-state index contributed by atoms with van der Waals surface area (Å²) in [6.07, 6.45) is -0.465. The fourth-order valence-electron chi connectivity index (χ4n) is 3.99. The van der Waals surface area contributed by atoms with Gasteiger partial charge in [-0.3, -0.25) is 0 Å². The average Bonchev–Trinajstić information content (AvgIpc) is 3.23. The number of methoxy groups -OCH3 is 1. The standard InChI is InChI=1S/C25H22N4O3/c1-31-24(30)25(16-18-10-4-2-5-11-18)22(21-15-9-8-14-20(21)17-27-29-26)32-23(28-25)19-12-6-3-7-13-19/h2-15,22H,16-17H2,1H3/t22-,25-/m0/s1. The van der Waals surface area contributed by atoms with Crippen molar-refractivity contribution in [1.82, 2.24) is 0 Å². The van der Waals surface area contributed by atoms with Crippen LogP contribution in [0.4, 0.5) is 0 Å². The van der Waals surface area contributed by atoms with Crippen LogP contribution in [-0.4, -0.2) is 24.5 Å². The van der Waals surface area contributed by atoms with Crippen molar-refractivity contribution in [2.75, 3.05) is 7.11 Å². The first-order valence-corrected chi connectivity index (χ1v) is 10.2. The summed E-state index contributed by atoms with van der Waals surface area (Å²) in [7, 11) is 1.36. The number of nitrogens with zero attached hydrogens (tertiary/aromatic N) is 4. The Morgan fingerprint density at radius 2 is 1.72 bits per heavy atom. The minimum absolute atomic E-state index is 0.135. The first-order valence-electron chi connectivity index (χ1n) is 10.2. The highest BCUT2D eigenvalue weighted by Gasteiger charge is 2.54. The van der Waals surface area contributed by atoms with E-state index in [1.54, 1.807) is 0 Å². The summed E-state index contributed by atoms with van der Waals surface area (Å²) in [5, 5.41) is 3.72. The molecule has 0 bridgehead atoms. The molecule has 7 heteroatoms. The molecule has 7 nitrogen and oxygen atoms in total. The molecule has 0 aliphatic carbocycles. The molecule has 4 rings (SSSR count). The lowest BCUT2D eigenvalue weighted by atomic mass is 9.81. The second kappa shape index (κ2) is 9.37. The number of hydrogen-bond acceptors (Lipinski definition) is 5. The summed E-state index contributed by atoms with van der Waals surface area (Å²) >= 11 is 0. The lowest BCUT2D eigenvalue weighted by molar-refractivity contribution is -0.150. The fraction of sp³-hybridized carbons (Fsp3) is 0.200. The second-order valence-electron chi connectivity index (χ2n) is 7.45. The van der Waals surface area contributed by atoms with Gasteiger partial charge in [0.2, 0.25) is 11.4 Å². The largest absolute Gasteiger partial charge is 0.467 e. The van der Waals surface area contributed by atoms with Crippen molar-refractivity contribution in [3.05, 3.63) is 118 Å². The van der Waals surface area contributed by atoms with E-state index in [2.05, 4.69) is 10.0 Å². The van der Waals surface area contributed by atoms with Gasteiger partial charge in [-0.2, -0.15) is 0 Å². The first kappa shape index (κ1) is 21.2. The van der Waals surface area contributed by atoms with Gasteiger partial charge in [0.25, 0.3) is 0 Å². The van der Waals surface area contributed by atoms with Crippen molar-refractivity contribution in [3.63, 3.8) is 0 Å². The highest BCUT2D eigenvalue weighted by molar-refractivity contribution is 5.99. The highest BCUT2D eigenvalue weighted by Crippen LogP contribution is 2.44. The number of aliphatic imine (C=N–C) groups is 1. The van der Waals surface area contributed by atoms with Crippen LogP contribution in [0.3, 0.4) is 0 Å². The van der Waals surface area contributed by atoms with Crippen molar-refractivity contribution in [2.24, 2.45) is 10.1 Å². The monoisotopic (exact) mass is 426 g/mol. The molecule has 0 spiro atoms. The third kappa shape index (κ3) is 4.06. The van der Waals surface area contributed by atoms with Gasteiger partial charge in [0, 0.05) is 16.9 Å². The summed E-state index contributed by atoms with van der Waals surface area (Å²) in [6, 6.07) is 26.6. The van der Waals surface area contributed by atoms with E-state index in [4.69, 9.17) is 20.0 Å². The van der Waals surface area contributed by atoms with Crippen LogP contribution in [0.5, 0.6) is 0 Å². The quantitative estimate of drug-likeness (QED) is 0.226. The van der Waals surface area contributed by atoms with Crippen LogP contribution in [-0.2, 0) is 27.2 Å². The van der Waals surface area contributed by atoms with Crippen molar-refractivity contribution in [2.45, 2.75) is 24.6 Å². The Bertz CT molecular complexity index is 1170. The Kier molecular flexibility index (Phi) is 6.19. The summed E-state index contributed by atoms with van der Waals surface area (Å²) in [5.41, 5.74) is 10.7. The van der Waals surface area contributed by atoms with Gasteiger partial charge >= 0.3 is 5.97 Å². The van der Waals surface area contributed by atoms with E-state index >= 15 is 0 Å². The number of ether oxygens (including phenoxy) is 2. The molecule has 3 aromatic rings. The zero-order chi connectivity index (χ0) is 22.4. The van der Waals surface area contributed by atoms with Gasteiger partial charge in [0.1, 0.15) is 0 Å². The first-order chi connectivity index (χ1) is 15.7. The number of hydrogen-bond donors (Lipinski definition) is 0.